The largest absolute Gasteiger partial charge is 0.507 e. The van der Waals surface area contributed by atoms with Crippen molar-refractivity contribution in [2.24, 2.45) is 0 Å². The minimum absolute atomic E-state index is 0.0419. The van der Waals surface area contributed by atoms with Gasteiger partial charge in [0.2, 0.25) is 0 Å². The van der Waals surface area contributed by atoms with Crippen molar-refractivity contribution in [1.82, 2.24) is 0 Å². The lowest BCUT2D eigenvalue weighted by atomic mass is 9.86. The Balaban J connectivity index is 0.000000266. The zero-order valence-corrected chi connectivity index (χ0v) is 24.4. The number of carboxylic acids is 1. The molecule has 10 heteroatoms. The van der Waals surface area contributed by atoms with Crippen molar-refractivity contribution < 1.29 is 48.8 Å². The summed E-state index contributed by atoms with van der Waals surface area (Å²) in [4.78, 5) is 58.3. The maximum atomic E-state index is 12.6. The molecule has 3 aromatic rings. The minimum Gasteiger partial charge on any atom is -0.507 e. The molecule has 1 aliphatic carbocycles. The second-order valence-corrected chi connectivity index (χ2v) is 9.71. The third-order valence-electron chi connectivity index (χ3n) is 6.87. The first kappa shape index (κ1) is 32.7. The summed E-state index contributed by atoms with van der Waals surface area (Å²) in [7, 11) is 1.31. The van der Waals surface area contributed by atoms with E-state index < -0.39 is 23.4 Å². The predicted octanol–water partition coefficient (Wildman–Crippen LogP) is 5.35. The fourth-order valence-electron chi connectivity index (χ4n) is 4.59. The van der Waals surface area contributed by atoms with Crippen molar-refractivity contribution in [1.29, 1.82) is 0 Å². The molecule has 1 aliphatic rings. The number of ether oxygens (including phenoxy) is 2. The minimum atomic E-state index is -1.38. The van der Waals surface area contributed by atoms with E-state index in [1.165, 1.54) is 58.2 Å². The van der Waals surface area contributed by atoms with Crippen LogP contribution < -0.4 is 9.47 Å². The van der Waals surface area contributed by atoms with E-state index in [0.29, 0.717) is 17.4 Å². The van der Waals surface area contributed by atoms with Gasteiger partial charge in [-0.05, 0) is 67.8 Å². The smallest absolute Gasteiger partial charge is 0.347 e. The standard InChI is InChI=1S/C19H18O8.C15H12O2/c1-8-5-13(26-4)11(7-20)17(22)14(8)19(25)27-12-6-9(2)16(21)15(10(12)3)18(23)24;1-2-13(11-6-4-3-5-7-11)14-10-12(16)8-9-15(14)17/h5-7,21-22H,1-4H3,(H,23,24);2-10,13H,1H2. The monoisotopic (exact) mass is 598 g/mol. The highest BCUT2D eigenvalue weighted by Gasteiger charge is 2.26. The molecule has 44 heavy (non-hydrogen) atoms. The van der Waals surface area contributed by atoms with E-state index in [1.807, 2.05) is 30.3 Å². The van der Waals surface area contributed by atoms with Crippen molar-refractivity contribution in [2.75, 3.05) is 7.11 Å². The van der Waals surface area contributed by atoms with Crippen LogP contribution in [0.1, 0.15) is 59.2 Å². The summed E-state index contributed by atoms with van der Waals surface area (Å²) in [5.74, 6) is -3.88. The Hall–Kier alpha value is -5.77. The van der Waals surface area contributed by atoms with Crippen LogP contribution >= 0.6 is 0 Å². The highest BCUT2D eigenvalue weighted by molar-refractivity contribution is 6.18. The average Bonchev–Trinajstić information content (AvgIpc) is 2.98. The Morgan fingerprint density at radius 1 is 0.909 bits per heavy atom. The van der Waals surface area contributed by atoms with Gasteiger partial charge in [0.05, 0.1) is 12.7 Å². The van der Waals surface area contributed by atoms with Crippen molar-refractivity contribution >= 4 is 29.8 Å². The van der Waals surface area contributed by atoms with E-state index in [9.17, 15) is 39.3 Å². The van der Waals surface area contributed by atoms with Gasteiger partial charge < -0.3 is 24.8 Å². The van der Waals surface area contributed by atoms with Gasteiger partial charge in [-0.25, -0.2) is 9.59 Å². The van der Waals surface area contributed by atoms with Gasteiger partial charge in [-0.2, -0.15) is 0 Å². The van der Waals surface area contributed by atoms with Crippen LogP contribution in [0.3, 0.4) is 0 Å². The SMILES string of the molecule is C=CC(C1=CC(=O)C=CC1=O)c1ccccc1.COc1cc(C)c(C(=O)Oc2cc(C)c(O)c(C(=O)O)c2C)c(O)c1C=O. The van der Waals surface area contributed by atoms with Crippen molar-refractivity contribution in [3.05, 3.63) is 118 Å². The van der Waals surface area contributed by atoms with Gasteiger partial charge >= 0.3 is 11.9 Å². The summed E-state index contributed by atoms with van der Waals surface area (Å²) in [5, 5.41) is 29.5. The molecule has 3 aromatic carbocycles. The first-order chi connectivity index (χ1) is 20.9. The molecule has 1 atom stereocenters. The van der Waals surface area contributed by atoms with Crippen LogP contribution in [0.25, 0.3) is 0 Å². The van der Waals surface area contributed by atoms with E-state index in [-0.39, 0.29) is 56.8 Å². The Morgan fingerprint density at radius 3 is 2.11 bits per heavy atom. The second kappa shape index (κ2) is 13.9. The number of phenols is 2. The molecule has 10 nitrogen and oxygen atoms in total. The van der Waals surface area contributed by atoms with Gasteiger partial charge in [0.25, 0.3) is 0 Å². The summed E-state index contributed by atoms with van der Waals surface area (Å²) >= 11 is 0. The fraction of sp³-hybridized carbons (Fsp3) is 0.147. The number of aromatic hydroxyl groups is 2. The maximum Gasteiger partial charge on any atom is 0.347 e. The number of phenolic OH excluding ortho intramolecular Hbond substituents is 1. The fourth-order valence-corrected chi connectivity index (χ4v) is 4.59. The second-order valence-electron chi connectivity index (χ2n) is 9.71. The zero-order valence-electron chi connectivity index (χ0n) is 24.4. The molecule has 1 unspecified atom stereocenters. The number of aromatic carboxylic acids is 1. The molecule has 0 aliphatic heterocycles. The molecule has 0 fully saturated rings. The molecule has 0 saturated carbocycles. The summed E-state index contributed by atoms with van der Waals surface area (Å²) in [6.45, 7) is 8.10. The molecule has 0 aromatic heterocycles. The molecule has 0 spiro atoms. The van der Waals surface area contributed by atoms with Gasteiger partial charge in [0.1, 0.15) is 34.1 Å². The molecule has 3 N–H and O–H groups in total. The number of aryl methyl sites for hydroxylation is 2. The van der Waals surface area contributed by atoms with Crippen LogP contribution in [-0.2, 0) is 9.59 Å². The summed E-state index contributed by atoms with van der Waals surface area (Å²) < 4.78 is 10.3. The Labute approximate surface area is 253 Å². The topological polar surface area (TPSA) is 164 Å². The lowest BCUT2D eigenvalue weighted by Gasteiger charge is -2.16. The molecule has 4 rings (SSSR count). The lowest BCUT2D eigenvalue weighted by Crippen LogP contribution is -2.14. The van der Waals surface area contributed by atoms with Crippen LogP contribution in [0.4, 0.5) is 0 Å². The number of rotatable bonds is 8. The average molecular weight is 599 g/mol. The molecule has 0 saturated heterocycles. The van der Waals surface area contributed by atoms with Gasteiger partial charge in [-0.1, -0.05) is 36.4 Å². The van der Waals surface area contributed by atoms with E-state index in [2.05, 4.69) is 6.58 Å². The van der Waals surface area contributed by atoms with E-state index in [0.717, 1.165) is 5.56 Å². The highest BCUT2D eigenvalue weighted by Crippen LogP contribution is 2.36. The van der Waals surface area contributed by atoms with E-state index >= 15 is 0 Å². The number of allylic oxidation sites excluding steroid dienone is 5. The Kier molecular flexibility index (Phi) is 10.4. The van der Waals surface area contributed by atoms with Crippen LogP contribution in [0.2, 0.25) is 0 Å². The third kappa shape index (κ3) is 6.81. The quantitative estimate of drug-likeness (QED) is 0.101. The summed E-state index contributed by atoms with van der Waals surface area (Å²) in [6, 6.07) is 12.3. The number of carbonyl (C=O) groups is 5. The molecule has 0 amide bonds. The van der Waals surface area contributed by atoms with Crippen LogP contribution in [0.15, 0.2) is 78.9 Å². The van der Waals surface area contributed by atoms with Crippen molar-refractivity contribution in [3.8, 4) is 23.0 Å². The number of hydrogen-bond donors (Lipinski definition) is 3. The molecule has 0 bridgehead atoms. The van der Waals surface area contributed by atoms with Crippen LogP contribution in [-0.4, -0.2) is 52.2 Å². The molecule has 0 heterocycles. The van der Waals surface area contributed by atoms with Gasteiger partial charge in [0, 0.05) is 17.1 Å². The number of carboxylic acid groups (broad SMARTS) is 1. The molecular weight excluding hydrogens is 568 g/mol. The number of ketones is 2. The number of aldehydes is 1. The van der Waals surface area contributed by atoms with Crippen molar-refractivity contribution in [3.63, 3.8) is 0 Å². The Bertz CT molecular complexity index is 1730. The van der Waals surface area contributed by atoms with Gasteiger partial charge in [0.15, 0.2) is 17.9 Å². The molecule has 0 radical (unpaired) electrons. The zero-order chi connectivity index (χ0) is 32.7. The molecule has 226 valence electrons. The third-order valence-corrected chi connectivity index (χ3v) is 6.87. The number of hydrogen-bond acceptors (Lipinski definition) is 9. The number of carbonyl (C=O) groups excluding carboxylic acids is 4. The first-order valence-corrected chi connectivity index (χ1v) is 13.2. The van der Waals surface area contributed by atoms with E-state index in [1.54, 1.807) is 6.08 Å². The van der Waals surface area contributed by atoms with E-state index in [4.69, 9.17) is 9.47 Å². The van der Waals surface area contributed by atoms with Gasteiger partial charge in [-0.3, -0.25) is 14.4 Å². The normalized spacial score (nSPS) is 12.8. The maximum absolute atomic E-state index is 12.6. The predicted molar refractivity (Wildman–Crippen MR) is 161 cm³/mol. The number of esters is 1. The summed E-state index contributed by atoms with van der Waals surface area (Å²) in [6.07, 6.45) is 6.03. The van der Waals surface area contributed by atoms with Crippen molar-refractivity contribution in [2.45, 2.75) is 26.7 Å². The molecular formula is C34H30O10. The van der Waals surface area contributed by atoms with Crippen LogP contribution in [0, 0.1) is 20.8 Å². The van der Waals surface area contributed by atoms with Gasteiger partial charge in [-0.15, -0.1) is 6.58 Å². The van der Waals surface area contributed by atoms with Crippen LogP contribution in [0.5, 0.6) is 23.0 Å². The first-order valence-electron chi connectivity index (χ1n) is 13.2. The lowest BCUT2D eigenvalue weighted by molar-refractivity contribution is -0.114. The highest BCUT2D eigenvalue weighted by atomic mass is 16.5. The Morgan fingerprint density at radius 2 is 1.55 bits per heavy atom. The number of benzene rings is 3. The summed E-state index contributed by atoms with van der Waals surface area (Å²) in [5.41, 5.74) is 1.14. The number of methoxy groups -OCH3 is 1.